The van der Waals surface area contributed by atoms with Crippen molar-refractivity contribution in [2.75, 3.05) is 24.6 Å². The molecule has 0 aromatic heterocycles. The number of aryl methyl sites for hydroxylation is 1. The number of nitrogens with zero attached hydrogens (tertiary/aromatic N) is 1. The molecule has 1 aliphatic heterocycles. The summed E-state index contributed by atoms with van der Waals surface area (Å²) in [6.45, 7) is 5.47. The van der Waals surface area contributed by atoms with Crippen LogP contribution in [0.15, 0.2) is 18.2 Å². The molecule has 1 aromatic rings. The number of hydrogen-bond donors (Lipinski definition) is 2. The smallest absolute Gasteiger partial charge is 0.122 e. The van der Waals surface area contributed by atoms with Gasteiger partial charge in [-0.3, -0.25) is 10.3 Å². The number of nitrogens with two attached hydrogens (primary N) is 1. The van der Waals surface area contributed by atoms with Crippen molar-refractivity contribution < 1.29 is 0 Å². The average molecular weight is 249 g/mol. The lowest BCUT2D eigenvalue weighted by molar-refractivity contribution is 0.294. The third kappa shape index (κ3) is 3.23. The molecule has 0 amide bonds. The van der Waals surface area contributed by atoms with Crippen molar-refractivity contribution in [1.29, 1.82) is 5.41 Å². The molecule has 17 heavy (non-hydrogen) atoms. The van der Waals surface area contributed by atoms with Crippen LogP contribution in [0.2, 0.25) is 0 Å². The molecule has 1 fully saturated rings. The highest BCUT2D eigenvalue weighted by molar-refractivity contribution is 7.99. The van der Waals surface area contributed by atoms with Crippen LogP contribution in [0.3, 0.4) is 0 Å². The van der Waals surface area contributed by atoms with Gasteiger partial charge in [0.1, 0.15) is 5.84 Å². The van der Waals surface area contributed by atoms with Crippen LogP contribution in [0, 0.1) is 12.3 Å². The number of thioether (sulfide) groups is 1. The fourth-order valence-electron chi connectivity index (χ4n) is 2.04. The zero-order valence-electron chi connectivity index (χ0n) is 10.2. The van der Waals surface area contributed by atoms with Crippen molar-refractivity contribution in [2.45, 2.75) is 13.5 Å². The lowest BCUT2D eigenvalue weighted by Gasteiger charge is -2.26. The van der Waals surface area contributed by atoms with E-state index in [2.05, 4.69) is 17.9 Å². The van der Waals surface area contributed by atoms with Crippen LogP contribution < -0.4 is 5.73 Å². The Morgan fingerprint density at radius 2 is 2.12 bits per heavy atom. The van der Waals surface area contributed by atoms with Gasteiger partial charge in [0.15, 0.2) is 0 Å². The Balaban J connectivity index is 2.08. The Labute approximate surface area is 107 Å². The number of hydrogen-bond acceptors (Lipinski definition) is 3. The summed E-state index contributed by atoms with van der Waals surface area (Å²) >= 11 is 2.03. The number of benzene rings is 1. The summed E-state index contributed by atoms with van der Waals surface area (Å²) in [4.78, 5) is 2.49. The number of nitrogens with one attached hydrogen (secondary N) is 1. The molecule has 2 rings (SSSR count). The first-order valence-electron chi connectivity index (χ1n) is 5.91. The molecule has 1 saturated heterocycles. The Morgan fingerprint density at radius 3 is 2.71 bits per heavy atom. The summed E-state index contributed by atoms with van der Waals surface area (Å²) in [5, 5.41) is 7.42. The molecule has 1 heterocycles. The van der Waals surface area contributed by atoms with E-state index in [0.29, 0.717) is 0 Å². The summed E-state index contributed by atoms with van der Waals surface area (Å²) < 4.78 is 0. The Morgan fingerprint density at radius 1 is 1.41 bits per heavy atom. The van der Waals surface area contributed by atoms with Gasteiger partial charge in [0.2, 0.25) is 0 Å². The summed E-state index contributed by atoms with van der Waals surface area (Å²) in [6, 6.07) is 6.06. The highest BCUT2D eigenvalue weighted by atomic mass is 32.2. The van der Waals surface area contributed by atoms with Crippen LogP contribution >= 0.6 is 11.8 Å². The van der Waals surface area contributed by atoms with E-state index in [-0.39, 0.29) is 5.84 Å². The second-order valence-corrected chi connectivity index (χ2v) is 5.67. The minimum atomic E-state index is 0.147. The van der Waals surface area contributed by atoms with Gasteiger partial charge in [-0.15, -0.1) is 0 Å². The maximum absolute atomic E-state index is 7.42. The summed E-state index contributed by atoms with van der Waals surface area (Å²) in [6.07, 6.45) is 0. The van der Waals surface area contributed by atoms with Gasteiger partial charge in [-0.05, 0) is 24.1 Å². The zero-order chi connectivity index (χ0) is 12.3. The second kappa shape index (κ2) is 5.56. The van der Waals surface area contributed by atoms with Gasteiger partial charge in [0, 0.05) is 36.7 Å². The molecule has 1 aliphatic rings. The lowest BCUT2D eigenvalue weighted by atomic mass is 10.0. The first-order valence-corrected chi connectivity index (χ1v) is 7.06. The number of nitrogen functional groups attached to an aromatic ring is 1. The van der Waals surface area contributed by atoms with Crippen molar-refractivity contribution in [3.63, 3.8) is 0 Å². The molecule has 0 radical (unpaired) electrons. The third-order valence-electron chi connectivity index (χ3n) is 3.15. The minimum Gasteiger partial charge on any atom is -0.384 e. The second-order valence-electron chi connectivity index (χ2n) is 4.44. The van der Waals surface area contributed by atoms with E-state index in [1.807, 2.05) is 23.9 Å². The summed E-state index contributed by atoms with van der Waals surface area (Å²) in [5.41, 5.74) is 8.89. The Kier molecular flexibility index (Phi) is 4.07. The normalized spacial score (nSPS) is 17.0. The van der Waals surface area contributed by atoms with Gasteiger partial charge in [0.25, 0.3) is 0 Å². The molecular formula is C13H19N3S. The number of amidine groups is 1. The molecule has 3 N–H and O–H groups in total. The van der Waals surface area contributed by atoms with E-state index in [4.69, 9.17) is 11.1 Å². The van der Waals surface area contributed by atoms with Gasteiger partial charge in [-0.1, -0.05) is 12.1 Å². The van der Waals surface area contributed by atoms with E-state index in [9.17, 15) is 0 Å². The van der Waals surface area contributed by atoms with Crippen LogP contribution in [0.25, 0.3) is 0 Å². The summed E-state index contributed by atoms with van der Waals surface area (Å²) in [7, 11) is 0. The van der Waals surface area contributed by atoms with Gasteiger partial charge in [-0.2, -0.15) is 11.8 Å². The lowest BCUT2D eigenvalue weighted by Crippen LogP contribution is -2.32. The quantitative estimate of drug-likeness (QED) is 0.635. The topological polar surface area (TPSA) is 53.1 Å². The van der Waals surface area contributed by atoms with Crippen molar-refractivity contribution >= 4 is 17.6 Å². The number of rotatable bonds is 3. The first-order chi connectivity index (χ1) is 8.16. The third-order valence-corrected chi connectivity index (χ3v) is 4.09. The molecule has 0 aliphatic carbocycles. The largest absolute Gasteiger partial charge is 0.384 e. The van der Waals surface area contributed by atoms with Gasteiger partial charge in [-0.25, -0.2) is 0 Å². The molecular weight excluding hydrogens is 230 g/mol. The van der Waals surface area contributed by atoms with E-state index in [0.717, 1.165) is 12.1 Å². The van der Waals surface area contributed by atoms with E-state index >= 15 is 0 Å². The minimum absolute atomic E-state index is 0.147. The van der Waals surface area contributed by atoms with Crippen LogP contribution in [-0.4, -0.2) is 35.3 Å². The van der Waals surface area contributed by atoms with Crippen LogP contribution in [-0.2, 0) is 6.54 Å². The highest BCUT2D eigenvalue weighted by Crippen LogP contribution is 2.16. The van der Waals surface area contributed by atoms with Gasteiger partial charge >= 0.3 is 0 Å². The van der Waals surface area contributed by atoms with E-state index < -0.39 is 0 Å². The maximum atomic E-state index is 7.42. The van der Waals surface area contributed by atoms with Crippen LogP contribution in [0.4, 0.5) is 0 Å². The SMILES string of the molecule is Cc1cc(C(=N)N)ccc1CN1CCSCC1. The molecule has 92 valence electrons. The molecule has 0 bridgehead atoms. The van der Waals surface area contributed by atoms with Crippen molar-refractivity contribution in [3.05, 3.63) is 34.9 Å². The van der Waals surface area contributed by atoms with Gasteiger partial charge < -0.3 is 5.73 Å². The Bertz CT molecular complexity index is 411. The molecule has 3 nitrogen and oxygen atoms in total. The molecule has 4 heteroatoms. The highest BCUT2D eigenvalue weighted by Gasteiger charge is 2.12. The molecule has 0 atom stereocenters. The maximum Gasteiger partial charge on any atom is 0.122 e. The summed E-state index contributed by atoms with van der Waals surface area (Å²) in [5.74, 6) is 2.63. The molecule has 0 unspecified atom stereocenters. The van der Waals surface area contributed by atoms with E-state index in [1.54, 1.807) is 0 Å². The first kappa shape index (κ1) is 12.5. The van der Waals surface area contributed by atoms with Crippen molar-refractivity contribution in [2.24, 2.45) is 5.73 Å². The molecule has 0 saturated carbocycles. The Hall–Kier alpha value is -1.000. The average Bonchev–Trinajstić information content (AvgIpc) is 2.33. The molecule has 0 spiro atoms. The van der Waals surface area contributed by atoms with Gasteiger partial charge in [0.05, 0.1) is 0 Å². The van der Waals surface area contributed by atoms with Crippen LogP contribution in [0.5, 0.6) is 0 Å². The van der Waals surface area contributed by atoms with Crippen molar-refractivity contribution in [3.8, 4) is 0 Å². The fourth-order valence-corrected chi connectivity index (χ4v) is 3.02. The predicted octanol–water partition coefficient (Wildman–Crippen LogP) is 1.83. The van der Waals surface area contributed by atoms with Crippen LogP contribution in [0.1, 0.15) is 16.7 Å². The zero-order valence-corrected chi connectivity index (χ0v) is 11.0. The van der Waals surface area contributed by atoms with Crippen molar-refractivity contribution in [1.82, 2.24) is 4.90 Å². The molecule has 1 aromatic carbocycles. The van der Waals surface area contributed by atoms with E-state index in [1.165, 1.54) is 35.7 Å². The fraction of sp³-hybridized carbons (Fsp3) is 0.462. The standard InChI is InChI=1S/C13H19N3S/c1-10-8-11(13(14)15)2-3-12(10)9-16-4-6-17-7-5-16/h2-3,8H,4-7,9H2,1H3,(H3,14,15). The monoisotopic (exact) mass is 249 g/mol. The predicted molar refractivity (Wildman–Crippen MR) is 74.8 cm³/mol.